The van der Waals surface area contributed by atoms with Crippen molar-refractivity contribution < 1.29 is 10.2 Å². The Morgan fingerprint density at radius 2 is 1.82 bits per heavy atom. The molecule has 0 unspecified atom stereocenters. The van der Waals surface area contributed by atoms with Crippen molar-refractivity contribution >= 4 is 0 Å². The average molecular weight is 158 g/mol. The highest BCUT2D eigenvalue weighted by atomic mass is 16.3. The van der Waals surface area contributed by atoms with Gasteiger partial charge in [-0.2, -0.15) is 0 Å². The summed E-state index contributed by atoms with van der Waals surface area (Å²) in [7, 11) is 0. The van der Waals surface area contributed by atoms with Crippen molar-refractivity contribution in [3.8, 4) is 0 Å². The van der Waals surface area contributed by atoms with Gasteiger partial charge in [0.15, 0.2) is 0 Å². The fraction of sp³-hybridized carbons (Fsp3) is 1.00. The molecule has 0 aromatic carbocycles. The molecule has 2 N–H and O–H groups in total. The molecule has 1 fully saturated rings. The maximum absolute atomic E-state index is 9.98. The zero-order chi connectivity index (χ0) is 8.32. The monoisotopic (exact) mass is 158 g/mol. The molecule has 0 heterocycles. The van der Waals surface area contributed by atoms with Crippen LogP contribution in [0.15, 0.2) is 0 Å². The van der Waals surface area contributed by atoms with Crippen LogP contribution in [0.1, 0.15) is 39.0 Å². The van der Waals surface area contributed by atoms with Crippen LogP contribution >= 0.6 is 0 Å². The molecular formula is C9H18O2. The molecule has 0 spiro atoms. The Morgan fingerprint density at radius 1 is 1.27 bits per heavy atom. The first-order valence-electron chi connectivity index (χ1n) is 4.52. The molecule has 1 aliphatic carbocycles. The number of rotatable bonds is 2. The third-order valence-electron chi connectivity index (χ3n) is 2.91. The van der Waals surface area contributed by atoms with Crippen molar-refractivity contribution in [2.75, 3.05) is 6.61 Å². The fourth-order valence-electron chi connectivity index (χ4n) is 1.83. The van der Waals surface area contributed by atoms with Crippen molar-refractivity contribution in [3.05, 3.63) is 0 Å². The van der Waals surface area contributed by atoms with E-state index in [0.29, 0.717) is 0 Å². The lowest BCUT2D eigenvalue weighted by atomic mass is 9.77. The van der Waals surface area contributed by atoms with Crippen LogP contribution in [0.5, 0.6) is 0 Å². The number of aliphatic hydroxyl groups is 2. The van der Waals surface area contributed by atoms with Crippen molar-refractivity contribution in [3.63, 3.8) is 0 Å². The van der Waals surface area contributed by atoms with Gasteiger partial charge in [0.1, 0.15) is 0 Å². The minimum absolute atomic E-state index is 0.0443. The lowest BCUT2D eigenvalue weighted by Crippen LogP contribution is -2.40. The summed E-state index contributed by atoms with van der Waals surface area (Å²) in [6, 6.07) is 0. The Hall–Kier alpha value is -0.0800. The zero-order valence-corrected chi connectivity index (χ0v) is 7.21. The highest BCUT2D eigenvalue weighted by molar-refractivity contribution is 4.86. The summed E-state index contributed by atoms with van der Waals surface area (Å²) in [5.74, 6) is 0.0443. The Kier molecular flexibility index (Phi) is 2.90. The number of hydrogen-bond donors (Lipinski definition) is 2. The molecule has 0 radical (unpaired) electrons. The Balaban J connectivity index is 2.49. The maximum atomic E-state index is 9.98. The summed E-state index contributed by atoms with van der Waals surface area (Å²) in [5.41, 5.74) is -0.562. The molecule has 11 heavy (non-hydrogen) atoms. The lowest BCUT2D eigenvalue weighted by Gasteiger charge is -2.36. The summed E-state index contributed by atoms with van der Waals surface area (Å²) in [5, 5.41) is 18.9. The van der Waals surface area contributed by atoms with E-state index in [1.807, 2.05) is 6.92 Å². The van der Waals surface area contributed by atoms with Gasteiger partial charge in [-0.3, -0.25) is 0 Å². The summed E-state index contributed by atoms with van der Waals surface area (Å²) in [4.78, 5) is 0. The Morgan fingerprint density at radius 3 is 2.27 bits per heavy atom. The highest BCUT2D eigenvalue weighted by Crippen LogP contribution is 2.33. The van der Waals surface area contributed by atoms with Crippen LogP contribution in [0.4, 0.5) is 0 Å². The summed E-state index contributed by atoms with van der Waals surface area (Å²) >= 11 is 0. The van der Waals surface area contributed by atoms with Gasteiger partial charge in [0.05, 0.1) is 5.60 Å². The zero-order valence-electron chi connectivity index (χ0n) is 7.21. The molecule has 66 valence electrons. The molecule has 0 aromatic heterocycles. The molecule has 0 amide bonds. The standard InChI is InChI=1S/C9H18O2/c1-8(7-10)9(11)5-3-2-4-6-9/h8,10-11H,2-7H2,1H3/t8-/m1/s1. The van der Waals surface area contributed by atoms with E-state index in [0.717, 1.165) is 25.7 Å². The van der Waals surface area contributed by atoms with Crippen LogP contribution in [0.25, 0.3) is 0 Å². The first kappa shape index (κ1) is 9.01. The topological polar surface area (TPSA) is 40.5 Å². The van der Waals surface area contributed by atoms with Gasteiger partial charge < -0.3 is 10.2 Å². The van der Waals surface area contributed by atoms with Crippen molar-refractivity contribution in [2.45, 2.75) is 44.6 Å². The van der Waals surface area contributed by atoms with Gasteiger partial charge >= 0.3 is 0 Å². The first-order valence-corrected chi connectivity index (χ1v) is 4.52. The van der Waals surface area contributed by atoms with Crippen LogP contribution in [0, 0.1) is 5.92 Å². The van der Waals surface area contributed by atoms with E-state index in [1.54, 1.807) is 0 Å². The van der Waals surface area contributed by atoms with Crippen LogP contribution in [0.3, 0.4) is 0 Å². The second-order valence-electron chi connectivity index (χ2n) is 3.75. The number of aliphatic hydroxyl groups excluding tert-OH is 1. The van der Waals surface area contributed by atoms with Gasteiger partial charge in [-0.15, -0.1) is 0 Å². The molecule has 1 saturated carbocycles. The van der Waals surface area contributed by atoms with Crippen molar-refractivity contribution in [1.82, 2.24) is 0 Å². The summed E-state index contributed by atoms with van der Waals surface area (Å²) in [6.07, 6.45) is 5.20. The Bertz CT molecular complexity index is 117. The SMILES string of the molecule is C[C@H](CO)C1(O)CCCCC1. The van der Waals surface area contributed by atoms with Crippen molar-refractivity contribution in [1.29, 1.82) is 0 Å². The molecule has 1 atom stereocenters. The quantitative estimate of drug-likeness (QED) is 0.636. The van der Waals surface area contributed by atoms with Gasteiger partial charge in [-0.25, -0.2) is 0 Å². The second-order valence-corrected chi connectivity index (χ2v) is 3.75. The van der Waals surface area contributed by atoms with Gasteiger partial charge in [0.25, 0.3) is 0 Å². The van der Waals surface area contributed by atoms with Crippen LogP contribution < -0.4 is 0 Å². The fourth-order valence-corrected chi connectivity index (χ4v) is 1.83. The molecule has 1 rings (SSSR count). The first-order chi connectivity index (χ1) is 5.19. The van der Waals surface area contributed by atoms with E-state index in [-0.39, 0.29) is 12.5 Å². The van der Waals surface area contributed by atoms with E-state index in [4.69, 9.17) is 5.11 Å². The van der Waals surface area contributed by atoms with Crippen LogP contribution in [0.2, 0.25) is 0 Å². The molecule has 0 saturated heterocycles. The molecule has 1 aliphatic rings. The third-order valence-corrected chi connectivity index (χ3v) is 2.91. The minimum Gasteiger partial charge on any atom is -0.396 e. The predicted octanol–water partition coefficient (Wildman–Crippen LogP) is 1.31. The predicted molar refractivity (Wildman–Crippen MR) is 44.3 cm³/mol. The average Bonchev–Trinajstić information content (AvgIpc) is 2.04. The second kappa shape index (κ2) is 3.55. The highest BCUT2D eigenvalue weighted by Gasteiger charge is 2.34. The smallest absolute Gasteiger partial charge is 0.0695 e. The maximum Gasteiger partial charge on any atom is 0.0695 e. The van der Waals surface area contributed by atoms with Gasteiger partial charge in [-0.1, -0.05) is 26.2 Å². The third kappa shape index (κ3) is 1.94. The largest absolute Gasteiger partial charge is 0.396 e. The van der Waals surface area contributed by atoms with Crippen molar-refractivity contribution in [2.24, 2.45) is 5.92 Å². The molecule has 0 aromatic rings. The van der Waals surface area contributed by atoms with E-state index in [1.165, 1.54) is 6.42 Å². The van der Waals surface area contributed by atoms with Crippen LogP contribution in [-0.2, 0) is 0 Å². The normalized spacial score (nSPS) is 26.5. The molecular weight excluding hydrogens is 140 g/mol. The van der Waals surface area contributed by atoms with Gasteiger partial charge in [-0.05, 0) is 12.8 Å². The molecule has 2 heteroatoms. The lowest BCUT2D eigenvalue weighted by molar-refractivity contribution is -0.0593. The van der Waals surface area contributed by atoms with Gasteiger partial charge in [0, 0.05) is 12.5 Å². The van der Waals surface area contributed by atoms with Crippen LogP contribution in [-0.4, -0.2) is 22.4 Å². The molecule has 0 bridgehead atoms. The van der Waals surface area contributed by atoms with E-state index >= 15 is 0 Å². The Labute approximate surface area is 68.2 Å². The van der Waals surface area contributed by atoms with E-state index in [2.05, 4.69) is 0 Å². The molecule has 2 nitrogen and oxygen atoms in total. The summed E-state index contributed by atoms with van der Waals surface area (Å²) in [6.45, 7) is 2.03. The minimum atomic E-state index is -0.562. The van der Waals surface area contributed by atoms with E-state index in [9.17, 15) is 5.11 Å². The van der Waals surface area contributed by atoms with Gasteiger partial charge in [0.2, 0.25) is 0 Å². The summed E-state index contributed by atoms with van der Waals surface area (Å²) < 4.78 is 0. The number of hydrogen-bond acceptors (Lipinski definition) is 2. The van der Waals surface area contributed by atoms with E-state index < -0.39 is 5.60 Å². The molecule has 0 aliphatic heterocycles.